The van der Waals surface area contributed by atoms with Crippen LogP contribution in [-0.2, 0) is 29.9 Å². The van der Waals surface area contributed by atoms with Crippen molar-refractivity contribution in [2.24, 2.45) is 11.8 Å². The van der Waals surface area contributed by atoms with E-state index in [1.165, 1.54) is 18.4 Å². The Balaban J connectivity index is 0.897. The Kier molecular flexibility index (Phi) is 12.0. The van der Waals surface area contributed by atoms with Crippen molar-refractivity contribution in [2.75, 3.05) is 46.5 Å². The van der Waals surface area contributed by atoms with E-state index in [-0.39, 0.29) is 52.6 Å². The van der Waals surface area contributed by atoms with Crippen molar-refractivity contribution in [2.45, 2.75) is 127 Å². The van der Waals surface area contributed by atoms with Gasteiger partial charge in [-0.25, -0.2) is 19.6 Å². The molecule has 6 fully saturated rings. The highest BCUT2D eigenvalue weighted by atomic mass is 16.5. The molecule has 3 aliphatic carbocycles. The second kappa shape index (κ2) is 17.2. The first kappa shape index (κ1) is 41.8. The number of carbonyl (C=O) groups is 4. The Labute approximate surface area is 353 Å². The van der Waals surface area contributed by atoms with Gasteiger partial charge in [-0.15, -0.1) is 0 Å². The average Bonchev–Trinajstić information content (AvgIpc) is 4.12. The number of nitrogens with zero attached hydrogens (tertiary/aromatic N) is 5. The van der Waals surface area contributed by atoms with Gasteiger partial charge in [0.1, 0.15) is 23.7 Å². The van der Waals surface area contributed by atoms with Crippen LogP contribution < -0.4 is 10.6 Å². The Morgan fingerprint density at radius 1 is 0.733 bits per heavy atom. The maximum absolute atomic E-state index is 14.0. The molecule has 3 aliphatic heterocycles. The van der Waals surface area contributed by atoms with Crippen LogP contribution in [-0.4, -0.2) is 117 Å². The first-order valence-electron chi connectivity index (χ1n) is 22.2. The van der Waals surface area contributed by atoms with Crippen molar-refractivity contribution in [1.82, 2.24) is 45.3 Å². The normalized spacial score (nSPS) is 26.4. The average molecular weight is 826 g/mol. The van der Waals surface area contributed by atoms with Gasteiger partial charge in [0.2, 0.25) is 11.8 Å². The van der Waals surface area contributed by atoms with Crippen LogP contribution in [0.1, 0.15) is 127 Å². The second-order valence-corrected chi connectivity index (χ2v) is 18.5. The number of benzene rings is 1. The molecular formula is C45H63N9O6. The largest absolute Gasteiger partial charge is 0.453 e. The number of likely N-dealkylation sites (tertiary alicyclic amines) is 2. The number of ether oxygens (including phenoxy) is 2. The molecule has 6 aliphatic rings. The minimum atomic E-state index is -0.659. The molecule has 0 spiro atoms. The van der Waals surface area contributed by atoms with Crippen molar-refractivity contribution < 1.29 is 28.7 Å². The predicted molar refractivity (Wildman–Crippen MR) is 225 cm³/mol. The molecule has 2 bridgehead atoms. The molecule has 1 aromatic carbocycles. The zero-order chi connectivity index (χ0) is 42.2. The van der Waals surface area contributed by atoms with Gasteiger partial charge in [0, 0.05) is 43.5 Å². The van der Waals surface area contributed by atoms with Crippen molar-refractivity contribution >= 4 is 23.9 Å². The van der Waals surface area contributed by atoms with Crippen molar-refractivity contribution in [3.63, 3.8) is 0 Å². The number of amides is 5. The molecular weight excluding hydrogens is 763 g/mol. The monoisotopic (exact) mass is 825 g/mol. The molecule has 4 N–H and O–H groups in total. The highest BCUT2D eigenvalue weighted by Gasteiger charge is 2.51. The Bertz CT molecular complexity index is 2000. The van der Waals surface area contributed by atoms with E-state index in [9.17, 15) is 19.2 Å². The van der Waals surface area contributed by atoms with Crippen LogP contribution >= 0.6 is 0 Å². The minimum absolute atomic E-state index is 0.0542. The highest BCUT2D eigenvalue weighted by molar-refractivity contribution is 5.88. The fourth-order valence-corrected chi connectivity index (χ4v) is 10.6. The molecule has 15 nitrogen and oxygen atoms in total. The first-order valence-corrected chi connectivity index (χ1v) is 22.2. The molecule has 5 amide bonds. The third-order valence-corrected chi connectivity index (χ3v) is 14.4. The first-order chi connectivity index (χ1) is 28.9. The number of morpholine rings is 1. The number of fused-ring (bicyclic) bond motifs is 3. The van der Waals surface area contributed by atoms with E-state index in [1.54, 1.807) is 4.90 Å². The molecule has 9 rings (SSSR count). The lowest BCUT2D eigenvalue weighted by Gasteiger charge is -2.53. The third kappa shape index (κ3) is 8.01. The number of rotatable bonds is 11. The number of urea groups is 1. The van der Waals surface area contributed by atoms with Gasteiger partial charge in [0.05, 0.1) is 44.3 Å². The summed E-state index contributed by atoms with van der Waals surface area (Å²) in [6, 6.07) is 7.18. The minimum Gasteiger partial charge on any atom is -0.453 e. The molecule has 15 heteroatoms. The number of H-pyrrole nitrogens is 2. The molecule has 0 radical (unpaired) electrons. The lowest BCUT2D eigenvalue weighted by Crippen LogP contribution is -2.55. The van der Waals surface area contributed by atoms with E-state index in [4.69, 9.17) is 19.4 Å². The predicted octanol–water partition coefficient (Wildman–Crippen LogP) is 6.12. The van der Waals surface area contributed by atoms with Crippen LogP contribution in [0.5, 0.6) is 0 Å². The third-order valence-electron chi connectivity index (χ3n) is 14.4. The molecule has 5 heterocycles. The van der Waals surface area contributed by atoms with E-state index >= 15 is 0 Å². The number of imidazole rings is 2. The zero-order valence-corrected chi connectivity index (χ0v) is 35.9. The Morgan fingerprint density at radius 3 is 1.83 bits per heavy atom. The van der Waals surface area contributed by atoms with Gasteiger partial charge in [-0.1, -0.05) is 52.0 Å². The van der Waals surface area contributed by atoms with Crippen molar-refractivity contribution in [3.05, 3.63) is 59.6 Å². The summed E-state index contributed by atoms with van der Waals surface area (Å²) in [5.74, 6) is 1.31. The number of alkyl carbamates (subject to hydrolysis) is 1. The quantitative estimate of drug-likeness (QED) is 0.179. The smallest absolute Gasteiger partial charge is 0.407 e. The van der Waals surface area contributed by atoms with Crippen molar-refractivity contribution in [1.29, 1.82) is 0 Å². The lowest BCUT2D eigenvalue weighted by molar-refractivity contribution is -0.136. The van der Waals surface area contributed by atoms with Crippen LogP contribution in [0.3, 0.4) is 0 Å². The number of hydrogen-bond acceptors (Lipinski definition) is 8. The van der Waals surface area contributed by atoms with Crippen LogP contribution in [0.2, 0.25) is 0 Å². The lowest BCUT2D eigenvalue weighted by atomic mass is 9.51. The van der Waals surface area contributed by atoms with Gasteiger partial charge in [-0.3, -0.25) is 9.59 Å². The number of carbonyl (C=O) groups excluding carboxylic acids is 4. The van der Waals surface area contributed by atoms with Crippen LogP contribution in [0.25, 0.3) is 11.3 Å². The molecule has 3 saturated heterocycles. The Morgan fingerprint density at radius 2 is 1.27 bits per heavy atom. The molecule has 324 valence electrons. The molecule has 3 aromatic rings. The van der Waals surface area contributed by atoms with E-state index in [1.807, 2.05) is 49.9 Å². The van der Waals surface area contributed by atoms with Crippen molar-refractivity contribution in [3.8, 4) is 11.3 Å². The summed E-state index contributed by atoms with van der Waals surface area (Å²) in [7, 11) is 1.31. The van der Waals surface area contributed by atoms with Gasteiger partial charge in [-0.05, 0) is 92.6 Å². The summed E-state index contributed by atoms with van der Waals surface area (Å²) < 4.78 is 10.2. The summed E-state index contributed by atoms with van der Waals surface area (Å²) >= 11 is 0. The van der Waals surface area contributed by atoms with Gasteiger partial charge < -0.3 is 44.8 Å². The number of nitrogens with one attached hydrogen (secondary N) is 4. The number of methoxy groups -OCH3 is 1. The Hall–Kier alpha value is -4.92. The molecule has 4 atom stereocenters. The fourth-order valence-electron chi connectivity index (χ4n) is 10.6. The van der Waals surface area contributed by atoms with Gasteiger partial charge in [0.15, 0.2) is 0 Å². The number of aromatic nitrogens is 4. The van der Waals surface area contributed by atoms with Gasteiger partial charge >= 0.3 is 12.1 Å². The highest BCUT2D eigenvalue weighted by Crippen LogP contribution is 2.58. The molecule has 60 heavy (non-hydrogen) atoms. The standard InChI is InChI=1S/C45H63N9O6/c1-28(2)36(50-42(57)52-22-24-60-25-23-52)40(55)53-20-6-8-33(53)38-46-26-32(48-38)30-10-12-31(13-11-30)44-14-17-45(18-15-44,19-16-44)35-27-47-39(49-35)34-9-7-21-54(34)41(56)37(29(3)4)51-43(58)59-5/h10-13,26-29,33-34,36-37H,6-9,14-25H2,1-5H3,(H,46,48)(H,47,49)(H,50,57)(H,51,58)/t33-,34-,36-,37-,44?,45?/m0/s1. The van der Waals surface area contributed by atoms with Gasteiger partial charge in [-0.2, -0.15) is 0 Å². The van der Waals surface area contributed by atoms with Gasteiger partial charge in [0.25, 0.3) is 0 Å². The summed E-state index contributed by atoms with van der Waals surface area (Å²) in [4.78, 5) is 75.2. The van der Waals surface area contributed by atoms with E-state index in [0.717, 1.165) is 87.1 Å². The maximum atomic E-state index is 14.0. The topological polar surface area (TPSA) is 178 Å². The van der Waals surface area contributed by atoms with E-state index in [0.29, 0.717) is 39.4 Å². The summed E-state index contributed by atoms with van der Waals surface area (Å²) in [6.45, 7) is 11.1. The summed E-state index contributed by atoms with van der Waals surface area (Å²) in [5, 5.41) is 5.77. The molecule has 2 aromatic heterocycles. The molecule has 3 saturated carbocycles. The number of aromatic amines is 2. The fraction of sp³-hybridized carbons (Fsp3) is 0.644. The summed E-state index contributed by atoms with van der Waals surface area (Å²) in [6.07, 6.45) is 13.3. The second-order valence-electron chi connectivity index (χ2n) is 18.5. The SMILES string of the molecule is COC(=O)N[C@H](C(=O)N1CCC[C@H]1c1ncc(C23CCC(c4ccc(-c5cnc([C@@H]6CCCN6C(=O)[C@@H](NC(=O)N6CCOCC6)C(C)C)[nH]5)cc4)(CC2)CC3)[nH]1)C(C)C. The zero-order valence-electron chi connectivity index (χ0n) is 35.9. The number of hydrogen-bond donors (Lipinski definition) is 4. The van der Waals surface area contributed by atoms with E-state index in [2.05, 4.69) is 44.9 Å². The molecule has 0 unspecified atom stereocenters. The van der Waals surface area contributed by atoms with Crippen LogP contribution in [0, 0.1) is 11.8 Å². The van der Waals surface area contributed by atoms with Crippen LogP contribution in [0.4, 0.5) is 9.59 Å². The maximum Gasteiger partial charge on any atom is 0.407 e. The summed E-state index contributed by atoms with van der Waals surface area (Å²) in [5.41, 5.74) is 4.76. The van der Waals surface area contributed by atoms with E-state index < -0.39 is 18.2 Å². The van der Waals surface area contributed by atoms with Crippen LogP contribution in [0.15, 0.2) is 36.7 Å².